The van der Waals surface area contributed by atoms with E-state index in [9.17, 15) is 0 Å². The SMILES string of the molecule is C[C@H](NCC1CCOCC1)c1ccccc1. The largest absolute Gasteiger partial charge is 0.381 e. The number of rotatable bonds is 4. The Labute approximate surface area is 98.0 Å². The Morgan fingerprint density at radius 2 is 1.94 bits per heavy atom. The number of ether oxygens (including phenoxy) is 1. The van der Waals surface area contributed by atoms with Gasteiger partial charge in [0.05, 0.1) is 0 Å². The molecule has 0 spiro atoms. The molecule has 1 aromatic rings. The van der Waals surface area contributed by atoms with E-state index in [-0.39, 0.29) is 0 Å². The molecule has 1 aromatic carbocycles. The standard InChI is InChI=1S/C14H21NO/c1-12(14-5-3-2-4-6-14)15-11-13-7-9-16-10-8-13/h2-6,12-13,15H,7-11H2,1H3/t12-/m0/s1. The molecule has 1 atom stereocenters. The van der Waals surface area contributed by atoms with Gasteiger partial charge in [-0.05, 0) is 37.8 Å². The molecule has 0 aliphatic carbocycles. The summed E-state index contributed by atoms with van der Waals surface area (Å²) in [6, 6.07) is 11.1. The molecule has 2 heteroatoms. The van der Waals surface area contributed by atoms with E-state index in [1.54, 1.807) is 0 Å². The van der Waals surface area contributed by atoms with Crippen molar-refractivity contribution in [3.63, 3.8) is 0 Å². The molecule has 2 nitrogen and oxygen atoms in total. The number of hydrogen-bond acceptors (Lipinski definition) is 2. The van der Waals surface area contributed by atoms with E-state index in [1.165, 1.54) is 18.4 Å². The van der Waals surface area contributed by atoms with Crippen LogP contribution in [-0.2, 0) is 4.74 Å². The molecule has 0 unspecified atom stereocenters. The second-order valence-corrected chi connectivity index (χ2v) is 4.60. The molecule has 0 aromatic heterocycles. The zero-order valence-electron chi connectivity index (χ0n) is 9.99. The molecule has 0 radical (unpaired) electrons. The fraction of sp³-hybridized carbons (Fsp3) is 0.571. The van der Waals surface area contributed by atoms with E-state index >= 15 is 0 Å². The Morgan fingerprint density at radius 1 is 1.25 bits per heavy atom. The van der Waals surface area contributed by atoms with Crippen LogP contribution in [0.2, 0.25) is 0 Å². The average molecular weight is 219 g/mol. The molecule has 1 heterocycles. The average Bonchev–Trinajstić information content (AvgIpc) is 2.38. The van der Waals surface area contributed by atoms with Gasteiger partial charge in [0.1, 0.15) is 0 Å². The second-order valence-electron chi connectivity index (χ2n) is 4.60. The molecule has 2 rings (SSSR count). The Kier molecular flexibility index (Phi) is 4.37. The maximum Gasteiger partial charge on any atom is 0.0469 e. The fourth-order valence-corrected chi connectivity index (χ4v) is 2.15. The van der Waals surface area contributed by atoms with Crippen LogP contribution in [-0.4, -0.2) is 19.8 Å². The lowest BCUT2D eigenvalue weighted by Gasteiger charge is -2.24. The summed E-state index contributed by atoms with van der Waals surface area (Å²) in [7, 11) is 0. The smallest absolute Gasteiger partial charge is 0.0469 e. The van der Waals surface area contributed by atoms with Gasteiger partial charge >= 0.3 is 0 Å². The molecule has 16 heavy (non-hydrogen) atoms. The number of hydrogen-bond donors (Lipinski definition) is 1. The fourth-order valence-electron chi connectivity index (χ4n) is 2.15. The zero-order chi connectivity index (χ0) is 11.2. The minimum absolute atomic E-state index is 0.448. The van der Waals surface area contributed by atoms with E-state index in [0.717, 1.165) is 25.7 Å². The zero-order valence-corrected chi connectivity index (χ0v) is 9.99. The van der Waals surface area contributed by atoms with Gasteiger partial charge in [-0.1, -0.05) is 30.3 Å². The Balaban J connectivity index is 1.77. The van der Waals surface area contributed by atoms with Crippen molar-refractivity contribution in [1.29, 1.82) is 0 Å². The molecule has 0 bridgehead atoms. The van der Waals surface area contributed by atoms with Crippen molar-refractivity contribution < 1.29 is 4.74 Å². The van der Waals surface area contributed by atoms with E-state index in [1.807, 2.05) is 0 Å². The summed E-state index contributed by atoms with van der Waals surface area (Å²) >= 11 is 0. The van der Waals surface area contributed by atoms with Crippen LogP contribution in [0.4, 0.5) is 0 Å². The van der Waals surface area contributed by atoms with E-state index in [4.69, 9.17) is 4.74 Å². The first-order valence-corrected chi connectivity index (χ1v) is 6.22. The van der Waals surface area contributed by atoms with Crippen LogP contribution in [0.5, 0.6) is 0 Å². The third kappa shape index (κ3) is 3.32. The highest BCUT2D eigenvalue weighted by Gasteiger charge is 2.14. The van der Waals surface area contributed by atoms with Crippen LogP contribution in [0, 0.1) is 5.92 Å². The highest BCUT2D eigenvalue weighted by Crippen LogP contribution is 2.16. The number of nitrogens with one attached hydrogen (secondary N) is 1. The van der Waals surface area contributed by atoms with Crippen LogP contribution < -0.4 is 5.32 Å². The lowest BCUT2D eigenvalue weighted by atomic mass is 9.99. The van der Waals surface area contributed by atoms with Crippen LogP contribution in [0.1, 0.15) is 31.4 Å². The van der Waals surface area contributed by atoms with Gasteiger partial charge in [-0.15, -0.1) is 0 Å². The van der Waals surface area contributed by atoms with Gasteiger partial charge in [0, 0.05) is 19.3 Å². The highest BCUT2D eigenvalue weighted by atomic mass is 16.5. The van der Waals surface area contributed by atoms with Crippen LogP contribution in [0.15, 0.2) is 30.3 Å². The summed E-state index contributed by atoms with van der Waals surface area (Å²) in [5, 5.41) is 3.61. The molecule has 1 saturated heterocycles. The predicted octanol–water partition coefficient (Wildman–Crippen LogP) is 2.76. The van der Waals surface area contributed by atoms with Gasteiger partial charge in [0.25, 0.3) is 0 Å². The molecular formula is C14H21NO. The third-order valence-electron chi connectivity index (χ3n) is 3.35. The summed E-state index contributed by atoms with van der Waals surface area (Å²) in [6.45, 7) is 5.21. The van der Waals surface area contributed by atoms with Crippen molar-refractivity contribution >= 4 is 0 Å². The van der Waals surface area contributed by atoms with Gasteiger partial charge in [-0.2, -0.15) is 0 Å². The van der Waals surface area contributed by atoms with Crippen LogP contribution in [0.3, 0.4) is 0 Å². The molecular weight excluding hydrogens is 198 g/mol. The van der Waals surface area contributed by atoms with Crippen molar-refractivity contribution in [2.24, 2.45) is 5.92 Å². The monoisotopic (exact) mass is 219 g/mol. The molecule has 1 fully saturated rings. The van der Waals surface area contributed by atoms with Gasteiger partial charge < -0.3 is 10.1 Å². The molecule has 0 saturated carbocycles. The Morgan fingerprint density at radius 3 is 2.62 bits per heavy atom. The maximum absolute atomic E-state index is 5.36. The van der Waals surface area contributed by atoms with Crippen molar-refractivity contribution in [1.82, 2.24) is 5.32 Å². The first kappa shape index (κ1) is 11.6. The molecule has 1 N–H and O–H groups in total. The van der Waals surface area contributed by atoms with Gasteiger partial charge in [0.2, 0.25) is 0 Å². The lowest BCUT2D eigenvalue weighted by molar-refractivity contribution is 0.0656. The number of benzene rings is 1. The minimum Gasteiger partial charge on any atom is -0.381 e. The molecule has 1 aliphatic rings. The Hall–Kier alpha value is -0.860. The van der Waals surface area contributed by atoms with Gasteiger partial charge in [0.15, 0.2) is 0 Å². The van der Waals surface area contributed by atoms with Crippen molar-refractivity contribution in [2.45, 2.75) is 25.8 Å². The van der Waals surface area contributed by atoms with E-state index in [2.05, 4.69) is 42.6 Å². The summed E-state index contributed by atoms with van der Waals surface area (Å²) < 4.78 is 5.36. The summed E-state index contributed by atoms with van der Waals surface area (Å²) in [5.41, 5.74) is 1.37. The normalized spacial score (nSPS) is 19.6. The summed E-state index contributed by atoms with van der Waals surface area (Å²) in [6.07, 6.45) is 2.41. The highest BCUT2D eigenvalue weighted by molar-refractivity contribution is 5.17. The lowest BCUT2D eigenvalue weighted by Crippen LogP contribution is -2.29. The van der Waals surface area contributed by atoms with Gasteiger partial charge in [-0.3, -0.25) is 0 Å². The van der Waals surface area contributed by atoms with Crippen LogP contribution in [0.25, 0.3) is 0 Å². The van der Waals surface area contributed by atoms with E-state index < -0.39 is 0 Å². The second kappa shape index (κ2) is 6.02. The maximum atomic E-state index is 5.36. The third-order valence-corrected chi connectivity index (χ3v) is 3.35. The molecule has 0 amide bonds. The van der Waals surface area contributed by atoms with Gasteiger partial charge in [-0.25, -0.2) is 0 Å². The van der Waals surface area contributed by atoms with Crippen LogP contribution >= 0.6 is 0 Å². The van der Waals surface area contributed by atoms with Crippen molar-refractivity contribution in [3.8, 4) is 0 Å². The minimum atomic E-state index is 0.448. The Bertz CT molecular complexity index is 293. The first-order valence-electron chi connectivity index (χ1n) is 6.22. The topological polar surface area (TPSA) is 21.3 Å². The van der Waals surface area contributed by atoms with Crippen molar-refractivity contribution in [3.05, 3.63) is 35.9 Å². The predicted molar refractivity (Wildman–Crippen MR) is 66.4 cm³/mol. The quantitative estimate of drug-likeness (QED) is 0.840. The first-order chi connectivity index (χ1) is 7.86. The summed E-state index contributed by atoms with van der Waals surface area (Å²) in [4.78, 5) is 0. The molecule has 88 valence electrons. The van der Waals surface area contributed by atoms with E-state index in [0.29, 0.717) is 6.04 Å². The molecule has 1 aliphatic heterocycles. The summed E-state index contributed by atoms with van der Waals surface area (Å²) in [5.74, 6) is 0.792. The van der Waals surface area contributed by atoms with Crippen molar-refractivity contribution in [2.75, 3.05) is 19.8 Å².